The molecule has 3 nitrogen and oxygen atoms in total. The molecule has 1 aromatic carbocycles. The molecule has 2 rings (SSSR count). The van der Waals surface area contributed by atoms with Crippen LogP contribution in [-0.4, -0.2) is 23.8 Å². The summed E-state index contributed by atoms with van der Waals surface area (Å²) in [6.07, 6.45) is 2.36. The molecule has 0 unspecified atom stereocenters. The van der Waals surface area contributed by atoms with Gasteiger partial charge in [-0.3, -0.25) is 0 Å². The van der Waals surface area contributed by atoms with Crippen molar-refractivity contribution in [2.75, 3.05) is 6.61 Å². The van der Waals surface area contributed by atoms with Crippen molar-refractivity contribution in [3.05, 3.63) is 22.2 Å². The molecule has 0 heterocycles. The van der Waals surface area contributed by atoms with Crippen LogP contribution in [0.25, 0.3) is 0 Å². The Labute approximate surface area is 104 Å². The quantitative estimate of drug-likeness (QED) is 0.806. The van der Waals surface area contributed by atoms with E-state index in [0.717, 1.165) is 0 Å². The Morgan fingerprint density at radius 2 is 1.94 bits per heavy atom. The number of benzene rings is 1. The predicted molar refractivity (Wildman–Crippen MR) is 64.5 cm³/mol. The maximum atomic E-state index is 9.08. The van der Waals surface area contributed by atoms with Crippen molar-refractivity contribution in [1.29, 1.82) is 0 Å². The monoisotopic (exact) mass is 260 g/mol. The third-order valence-corrected chi connectivity index (χ3v) is 3.12. The van der Waals surface area contributed by atoms with Crippen molar-refractivity contribution in [2.24, 2.45) is 5.92 Å². The Morgan fingerprint density at radius 1 is 1.25 bits per heavy atom. The van der Waals surface area contributed by atoms with Gasteiger partial charge in [-0.15, -0.1) is 0 Å². The van der Waals surface area contributed by atoms with Gasteiger partial charge < -0.3 is 14.8 Å². The zero-order chi connectivity index (χ0) is 11.7. The largest absolute Gasteiger partial charge is 0.492 e. The Bertz CT molecular complexity index is 394. The molecule has 0 atom stereocenters. The molecule has 16 heavy (non-hydrogen) atoms. The lowest BCUT2D eigenvalue weighted by molar-refractivity contribution is 0.300. The number of hydrogen-bond acceptors (Lipinski definition) is 3. The summed E-state index contributed by atoms with van der Waals surface area (Å²) in [5.41, 5.74) is 0.205. The minimum Gasteiger partial charge on any atom is -0.492 e. The Kier molecular flexibility index (Phi) is 3.65. The molecule has 0 amide bonds. The lowest BCUT2D eigenvalue weighted by atomic mass is 9.80. The number of ether oxygens (including phenoxy) is 1. The minimum atomic E-state index is -1.62. The van der Waals surface area contributed by atoms with E-state index in [0.29, 0.717) is 23.3 Å². The molecule has 6 heteroatoms. The van der Waals surface area contributed by atoms with E-state index in [1.54, 1.807) is 0 Å². The molecule has 0 aliphatic heterocycles. The second-order valence-electron chi connectivity index (χ2n) is 3.93. The van der Waals surface area contributed by atoms with E-state index in [2.05, 4.69) is 0 Å². The fourth-order valence-corrected chi connectivity index (χ4v) is 1.88. The third-order valence-electron chi connectivity index (χ3n) is 2.50. The molecule has 0 radical (unpaired) electrons. The SMILES string of the molecule is OB(O)c1cc(OCC2CC2)c(Cl)cc1Cl. The molecule has 0 saturated heterocycles. The topological polar surface area (TPSA) is 49.7 Å². The van der Waals surface area contributed by atoms with E-state index < -0.39 is 7.12 Å². The molecule has 0 aromatic heterocycles. The average Bonchev–Trinajstić information content (AvgIpc) is 2.99. The average molecular weight is 261 g/mol. The molecular weight excluding hydrogens is 250 g/mol. The van der Waals surface area contributed by atoms with Gasteiger partial charge in [0.15, 0.2) is 0 Å². The smallest absolute Gasteiger partial charge is 0.490 e. The van der Waals surface area contributed by atoms with Crippen molar-refractivity contribution in [1.82, 2.24) is 0 Å². The summed E-state index contributed by atoms with van der Waals surface area (Å²) in [4.78, 5) is 0. The highest BCUT2D eigenvalue weighted by atomic mass is 35.5. The van der Waals surface area contributed by atoms with E-state index in [1.807, 2.05) is 0 Å². The van der Waals surface area contributed by atoms with Gasteiger partial charge >= 0.3 is 7.12 Å². The molecular formula is C10H11BCl2O3. The predicted octanol–water partition coefficient (Wildman–Crippen LogP) is 1.46. The van der Waals surface area contributed by atoms with Crippen LogP contribution in [0.4, 0.5) is 0 Å². The fraction of sp³-hybridized carbons (Fsp3) is 0.400. The molecule has 1 aliphatic carbocycles. The first-order chi connectivity index (χ1) is 7.58. The summed E-state index contributed by atoms with van der Waals surface area (Å²) < 4.78 is 5.49. The van der Waals surface area contributed by atoms with Crippen molar-refractivity contribution >= 4 is 35.8 Å². The Morgan fingerprint density at radius 3 is 2.50 bits per heavy atom. The number of halogens is 2. The van der Waals surface area contributed by atoms with Gasteiger partial charge in [0, 0.05) is 10.5 Å². The standard InChI is InChI=1S/C10H11BCl2O3/c12-8-4-9(13)10(3-7(8)11(14)15)16-5-6-1-2-6/h3-4,6,14-15H,1-2,5H2. The lowest BCUT2D eigenvalue weighted by Gasteiger charge is -2.10. The van der Waals surface area contributed by atoms with Crippen molar-refractivity contribution in [3.63, 3.8) is 0 Å². The van der Waals surface area contributed by atoms with E-state index in [4.69, 9.17) is 38.0 Å². The highest BCUT2D eigenvalue weighted by Crippen LogP contribution is 2.32. The maximum Gasteiger partial charge on any atom is 0.490 e. The zero-order valence-corrected chi connectivity index (χ0v) is 10.0. The fourth-order valence-electron chi connectivity index (χ4n) is 1.35. The first-order valence-electron chi connectivity index (χ1n) is 5.06. The zero-order valence-electron chi connectivity index (χ0n) is 8.49. The van der Waals surface area contributed by atoms with Crippen LogP contribution in [-0.2, 0) is 0 Å². The van der Waals surface area contributed by atoms with E-state index >= 15 is 0 Å². The van der Waals surface area contributed by atoms with Crippen LogP contribution in [0.3, 0.4) is 0 Å². The van der Waals surface area contributed by atoms with Crippen LogP contribution in [0.5, 0.6) is 5.75 Å². The van der Waals surface area contributed by atoms with Crippen LogP contribution in [0.1, 0.15) is 12.8 Å². The molecule has 1 saturated carbocycles. The van der Waals surface area contributed by atoms with Gasteiger partial charge in [0.1, 0.15) is 5.75 Å². The Hall–Kier alpha value is -0.415. The minimum absolute atomic E-state index is 0.205. The second kappa shape index (κ2) is 4.84. The summed E-state index contributed by atoms with van der Waals surface area (Å²) in [6.45, 7) is 0.613. The molecule has 0 spiro atoms. The van der Waals surface area contributed by atoms with E-state index in [9.17, 15) is 0 Å². The van der Waals surface area contributed by atoms with Gasteiger partial charge in [0.2, 0.25) is 0 Å². The molecule has 1 aliphatic rings. The van der Waals surface area contributed by atoms with E-state index in [-0.39, 0.29) is 10.5 Å². The van der Waals surface area contributed by atoms with E-state index in [1.165, 1.54) is 25.0 Å². The van der Waals surface area contributed by atoms with Crippen LogP contribution in [0.2, 0.25) is 10.0 Å². The van der Waals surface area contributed by atoms with Gasteiger partial charge in [-0.2, -0.15) is 0 Å². The highest BCUT2D eigenvalue weighted by Gasteiger charge is 2.23. The summed E-state index contributed by atoms with van der Waals surface area (Å²) in [5.74, 6) is 1.05. The second-order valence-corrected chi connectivity index (χ2v) is 4.75. The van der Waals surface area contributed by atoms with Gasteiger partial charge in [-0.1, -0.05) is 23.2 Å². The lowest BCUT2D eigenvalue weighted by Crippen LogP contribution is -2.31. The number of rotatable bonds is 4. The summed E-state index contributed by atoms with van der Waals surface area (Å²) in [7, 11) is -1.62. The Balaban J connectivity index is 2.18. The van der Waals surface area contributed by atoms with Crippen molar-refractivity contribution < 1.29 is 14.8 Å². The molecule has 1 fully saturated rings. The number of hydrogen-bond donors (Lipinski definition) is 2. The summed E-state index contributed by atoms with van der Waals surface area (Å²) in [6, 6.07) is 2.93. The molecule has 86 valence electrons. The third kappa shape index (κ3) is 2.83. The van der Waals surface area contributed by atoms with Crippen LogP contribution < -0.4 is 10.2 Å². The van der Waals surface area contributed by atoms with Gasteiger partial charge in [0.25, 0.3) is 0 Å². The maximum absolute atomic E-state index is 9.08. The van der Waals surface area contributed by atoms with Gasteiger partial charge in [-0.05, 0) is 30.9 Å². The summed E-state index contributed by atoms with van der Waals surface area (Å²) >= 11 is 11.7. The van der Waals surface area contributed by atoms with Gasteiger partial charge in [-0.25, -0.2) is 0 Å². The normalized spacial score (nSPS) is 15.0. The summed E-state index contributed by atoms with van der Waals surface area (Å²) in [5, 5.41) is 18.8. The highest BCUT2D eigenvalue weighted by molar-refractivity contribution is 6.63. The first kappa shape index (κ1) is 12.1. The van der Waals surface area contributed by atoms with Crippen molar-refractivity contribution in [2.45, 2.75) is 12.8 Å². The molecule has 2 N–H and O–H groups in total. The van der Waals surface area contributed by atoms with Crippen LogP contribution in [0, 0.1) is 5.92 Å². The molecule has 0 bridgehead atoms. The molecule has 1 aromatic rings. The van der Waals surface area contributed by atoms with Crippen LogP contribution in [0.15, 0.2) is 12.1 Å². The van der Waals surface area contributed by atoms with Crippen molar-refractivity contribution in [3.8, 4) is 5.75 Å². The van der Waals surface area contributed by atoms with Gasteiger partial charge in [0.05, 0.1) is 11.6 Å². The van der Waals surface area contributed by atoms with Crippen LogP contribution >= 0.6 is 23.2 Å². The first-order valence-corrected chi connectivity index (χ1v) is 5.81.